The first-order chi connectivity index (χ1) is 8.43. The zero-order valence-electron chi connectivity index (χ0n) is 10.6. The van der Waals surface area contributed by atoms with Gasteiger partial charge in [-0.3, -0.25) is 0 Å². The Hall–Kier alpha value is -0.140. The Bertz CT molecular complexity index is 510. The number of aryl methyl sites for hydroxylation is 1. The normalized spacial score (nSPS) is 23.2. The minimum absolute atomic E-state index is 0.136. The van der Waals surface area contributed by atoms with Crippen LogP contribution in [0.4, 0.5) is 0 Å². The fraction of sp³-hybridized carbons (Fsp3) is 0.538. The molecule has 5 heteroatoms. The molecule has 0 N–H and O–H groups in total. The van der Waals surface area contributed by atoms with Gasteiger partial charge in [-0.15, -0.1) is 0 Å². The lowest BCUT2D eigenvalue weighted by molar-refractivity contribution is 0.391. The van der Waals surface area contributed by atoms with Crippen LogP contribution in [0.5, 0.6) is 0 Å². The van der Waals surface area contributed by atoms with Gasteiger partial charge in [-0.1, -0.05) is 47.2 Å². The summed E-state index contributed by atoms with van der Waals surface area (Å²) in [5, 5.41) is 0. The summed E-state index contributed by atoms with van der Waals surface area (Å²) < 4.78 is 27.2. The predicted octanol–water partition coefficient (Wildman–Crippen LogP) is 2.97. The number of sulfonamides is 1. The molecule has 100 valence electrons. The van der Waals surface area contributed by atoms with Crippen LogP contribution in [0, 0.1) is 6.92 Å². The van der Waals surface area contributed by atoms with Crippen LogP contribution in [0.25, 0.3) is 0 Å². The van der Waals surface area contributed by atoms with Crippen LogP contribution in [0.2, 0.25) is 0 Å². The zero-order chi connectivity index (χ0) is 13.3. The largest absolute Gasteiger partial charge is 0.243 e. The highest BCUT2D eigenvalue weighted by Crippen LogP contribution is 2.30. The number of hydrogen-bond acceptors (Lipinski definition) is 2. The van der Waals surface area contributed by atoms with Gasteiger partial charge in [0.2, 0.25) is 10.0 Å². The molecule has 0 bridgehead atoms. The Labute approximate surface area is 123 Å². The molecule has 18 heavy (non-hydrogen) atoms. The van der Waals surface area contributed by atoms with Crippen LogP contribution in [0.3, 0.4) is 0 Å². The van der Waals surface area contributed by atoms with E-state index < -0.39 is 10.0 Å². The maximum absolute atomic E-state index is 12.6. The Morgan fingerprint density at radius 3 is 2.50 bits per heavy atom. The average Bonchev–Trinajstić information content (AvgIpc) is 2.79. The zero-order valence-corrected chi connectivity index (χ0v) is 13.6. The van der Waals surface area contributed by atoms with E-state index in [9.17, 15) is 8.42 Å². The second kappa shape index (κ2) is 5.46. The number of alkyl halides is 1. The number of halogens is 1. The third kappa shape index (κ3) is 2.72. The molecule has 0 aromatic heterocycles. The molecule has 1 saturated heterocycles. The van der Waals surface area contributed by atoms with Gasteiger partial charge >= 0.3 is 0 Å². The Morgan fingerprint density at radius 2 is 1.94 bits per heavy atom. The van der Waals surface area contributed by atoms with Gasteiger partial charge in [0.05, 0.1) is 4.90 Å². The highest BCUT2D eigenvalue weighted by molar-refractivity contribution is 14.1. The van der Waals surface area contributed by atoms with Gasteiger partial charge in [0.15, 0.2) is 0 Å². The number of benzene rings is 1. The number of hydrogen-bond donors (Lipinski definition) is 0. The van der Waals surface area contributed by atoms with Crippen molar-refractivity contribution in [2.75, 3.05) is 6.54 Å². The lowest BCUT2D eigenvalue weighted by Crippen LogP contribution is -2.39. The van der Waals surface area contributed by atoms with Gasteiger partial charge in [-0.05, 0) is 31.9 Å². The first-order valence-electron chi connectivity index (χ1n) is 6.15. The number of rotatable bonds is 3. The molecule has 1 aliphatic heterocycles. The molecular formula is C13H18INO2S. The number of nitrogens with zero attached hydrogens (tertiary/aromatic N) is 1. The lowest BCUT2D eigenvalue weighted by Gasteiger charge is -2.26. The third-order valence-corrected chi connectivity index (χ3v) is 6.17. The molecule has 1 aliphatic rings. The maximum atomic E-state index is 12.6. The second-order valence-electron chi connectivity index (χ2n) is 4.82. The Balaban J connectivity index is 2.33. The van der Waals surface area contributed by atoms with Crippen molar-refractivity contribution in [3.05, 3.63) is 29.8 Å². The van der Waals surface area contributed by atoms with Gasteiger partial charge < -0.3 is 0 Å². The molecule has 3 nitrogen and oxygen atoms in total. The van der Waals surface area contributed by atoms with Crippen LogP contribution in [-0.4, -0.2) is 29.2 Å². The molecule has 1 fully saturated rings. The average molecular weight is 379 g/mol. The van der Waals surface area contributed by atoms with E-state index >= 15 is 0 Å². The summed E-state index contributed by atoms with van der Waals surface area (Å²) in [5.74, 6) is 0. The van der Waals surface area contributed by atoms with Gasteiger partial charge in [-0.25, -0.2) is 8.42 Å². The van der Waals surface area contributed by atoms with Crippen LogP contribution < -0.4 is 0 Å². The van der Waals surface area contributed by atoms with E-state index in [-0.39, 0.29) is 6.04 Å². The molecule has 0 aliphatic carbocycles. The highest BCUT2D eigenvalue weighted by Gasteiger charge is 2.37. The molecule has 1 aromatic rings. The quantitative estimate of drug-likeness (QED) is 0.598. The van der Waals surface area contributed by atoms with Crippen LogP contribution >= 0.6 is 22.6 Å². The summed E-state index contributed by atoms with van der Waals surface area (Å²) in [5.41, 5.74) is 1.08. The highest BCUT2D eigenvalue weighted by atomic mass is 127. The van der Waals surface area contributed by atoms with Crippen molar-refractivity contribution in [3.63, 3.8) is 0 Å². The predicted molar refractivity (Wildman–Crippen MR) is 81.6 cm³/mol. The van der Waals surface area contributed by atoms with Crippen LogP contribution in [0.1, 0.15) is 25.3 Å². The summed E-state index contributed by atoms with van der Waals surface area (Å²) in [7, 11) is -3.32. The van der Waals surface area contributed by atoms with Crippen molar-refractivity contribution in [2.24, 2.45) is 0 Å². The molecule has 2 rings (SSSR count). The van der Waals surface area contributed by atoms with Crippen molar-refractivity contribution < 1.29 is 8.42 Å². The first-order valence-corrected chi connectivity index (χ1v) is 8.84. The van der Waals surface area contributed by atoms with E-state index in [1.54, 1.807) is 16.4 Å². The second-order valence-corrected chi connectivity index (χ2v) is 8.67. The van der Waals surface area contributed by atoms with E-state index in [1.807, 2.05) is 19.1 Å². The van der Waals surface area contributed by atoms with Crippen molar-refractivity contribution >= 4 is 32.6 Å². The van der Waals surface area contributed by atoms with Gasteiger partial charge in [0, 0.05) is 16.5 Å². The molecule has 0 spiro atoms. The Kier molecular flexibility index (Phi) is 4.33. The van der Waals surface area contributed by atoms with E-state index in [1.165, 1.54) is 0 Å². The van der Waals surface area contributed by atoms with Crippen molar-refractivity contribution in [1.82, 2.24) is 4.31 Å². The topological polar surface area (TPSA) is 37.4 Å². The Morgan fingerprint density at radius 1 is 1.33 bits per heavy atom. The summed E-state index contributed by atoms with van der Waals surface area (Å²) in [6.07, 6.45) is 1.93. The minimum atomic E-state index is -3.32. The lowest BCUT2D eigenvalue weighted by atomic mass is 10.2. The molecule has 0 saturated carbocycles. The smallest absolute Gasteiger partial charge is 0.207 e. The van der Waals surface area contributed by atoms with Crippen molar-refractivity contribution in [3.8, 4) is 0 Å². The minimum Gasteiger partial charge on any atom is -0.207 e. The van der Waals surface area contributed by atoms with Crippen molar-refractivity contribution in [1.29, 1.82) is 0 Å². The molecular weight excluding hydrogens is 361 g/mol. The molecule has 0 radical (unpaired) electrons. The summed E-state index contributed by atoms with van der Waals surface area (Å²) in [4.78, 5) is 0.414. The molecule has 2 atom stereocenters. The van der Waals surface area contributed by atoms with Gasteiger partial charge in [0.25, 0.3) is 0 Å². The monoisotopic (exact) mass is 379 g/mol. The summed E-state index contributed by atoms with van der Waals surface area (Å²) in [6, 6.07) is 7.25. The summed E-state index contributed by atoms with van der Waals surface area (Å²) >= 11 is 2.32. The molecule has 2 unspecified atom stereocenters. The third-order valence-electron chi connectivity index (χ3n) is 3.41. The summed E-state index contributed by atoms with van der Waals surface area (Å²) in [6.45, 7) is 4.68. The van der Waals surface area contributed by atoms with E-state index in [4.69, 9.17) is 0 Å². The molecule has 1 heterocycles. The van der Waals surface area contributed by atoms with Crippen molar-refractivity contribution in [2.45, 2.75) is 41.6 Å². The van der Waals surface area contributed by atoms with Gasteiger partial charge in [-0.2, -0.15) is 4.31 Å². The van der Waals surface area contributed by atoms with Gasteiger partial charge in [0.1, 0.15) is 0 Å². The standard InChI is InChI=1S/C13H18INO2S/c1-10-5-7-12(8-6-10)18(16,17)15-9-3-4-13(15)11(2)14/h5-8,11,13H,3-4,9H2,1-2H3. The maximum Gasteiger partial charge on any atom is 0.243 e. The van der Waals surface area contributed by atoms with Crippen LogP contribution in [-0.2, 0) is 10.0 Å². The van der Waals surface area contributed by atoms with E-state index in [0.717, 1.165) is 18.4 Å². The molecule has 0 amide bonds. The van der Waals surface area contributed by atoms with E-state index in [2.05, 4.69) is 29.5 Å². The fourth-order valence-corrected chi connectivity index (χ4v) is 5.10. The SMILES string of the molecule is Cc1ccc(S(=O)(=O)N2CCCC2C(C)I)cc1. The van der Waals surface area contributed by atoms with E-state index in [0.29, 0.717) is 15.4 Å². The fourth-order valence-electron chi connectivity index (χ4n) is 2.37. The molecule has 1 aromatic carbocycles. The first kappa shape index (κ1) is 14.3. The van der Waals surface area contributed by atoms with Crippen LogP contribution in [0.15, 0.2) is 29.2 Å².